The SMILES string of the molecule is C=CC(=O)OC#Cc1c(OC(=O)C=C)c(C#Cc2ccc(/C=C/OC(=O)C(=C)C)cc2)c(OC)c(F)c1-c1ccc(-c2ccc(/C=C/OC(=O)C(=C)C)cc2)cc1. The van der Waals surface area contributed by atoms with Crippen molar-refractivity contribution in [3.05, 3.63) is 169 Å². The summed E-state index contributed by atoms with van der Waals surface area (Å²) in [7, 11) is 1.23. The highest BCUT2D eigenvalue weighted by Crippen LogP contribution is 2.43. The summed E-state index contributed by atoms with van der Waals surface area (Å²) < 4.78 is 42.8. The number of esters is 4. The van der Waals surface area contributed by atoms with Gasteiger partial charge in [-0.1, -0.05) is 98.8 Å². The predicted octanol–water partition coefficient (Wildman–Crippen LogP) is 8.88. The molecule has 10 heteroatoms. The number of carbonyl (C=O) groups is 4. The highest BCUT2D eigenvalue weighted by molar-refractivity contribution is 5.89. The molecule has 0 spiro atoms. The van der Waals surface area contributed by atoms with E-state index in [-0.39, 0.29) is 39.3 Å². The summed E-state index contributed by atoms with van der Waals surface area (Å²) in [6, 6.07) is 20.9. The van der Waals surface area contributed by atoms with Crippen molar-refractivity contribution in [2.24, 2.45) is 0 Å². The average Bonchev–Trinajstić information content (AvgIpc) is 3.21. The molecule has 4 aromatic rings. The van der Waals surface area contributed by atoms with E-state index in [0.717, 1.165) is 28.8 Å². The highest BCUT2D eigenvalue weighted by atomic mass is 19.1. The lowest BCUT2D eigenvalue weighted by Gasteiger charge is -2.18. The number of benzene rings is 4. The van der Waals surface area contributed by atoms with Gasteiger partial charge in [0.15, 0.2) is 17.3 Å². The molecule has 0 atom stereocenters. The Balaban J connectivity index is 1.81. The maximum atomic E-state index is 16.8. The second-order valence-electron chi connectivity index (χ2n) is 11.8. The van der Waals surface area contributed by atoms with Crippen molar-refractivity contribution in [2.45, 2.75) is 13.8 Å². The van der Waals surface area contributed by atoms with Crippen LogP contribution in [0.1, 0.15) is 41.7 Å². The van der Waals surface area contributed by atoms with Gasteiger partial charge in [-0.15, -0.1) is 0 Å². The lowest BCUT2D eigenvalue weighted by atomic mass is 9.93. The van der Waals surface area contributed by atoms with Crippen LogP contribution in [0.4, 0.5) is 4.39 Å². The molecule has 0 aliphatic carbocycles. The minimum atomic E-state index is -0.907. The first kappa shape index (κ1) is 41.8. The van der Waals surface area contributed by atoms with Crippen molar-refractivity contribution in [3.63, 3.8) is 0 Å². The molecule has 0 aliphatic heterocycles. The molecule has 0 saturated carbocycles. The fourth-order valence-corrected chi connectivity index (χ4v) is 4.76. The second kappa shape index (κ2) is 19.9. The number of hydrogen-bond donors (Lipinski definition) is 0. The molecule has 4 aromatic carbocycles. The van der Waals surface area contributed by atoms with Crippen LogP contribution in [0.3, 0.4) is 0 Å². The van der Waals surface area contributed by atoms with Crippen LogP contribution in [0.5, 0.6) is 11.5 Å². The average molecular weight is 763 g/mol. The molecule has 0 N–H and O–H groups in total. The number of hydrogen-bond acceptors (Lipinski definition) is 9. The normalized spacial score (nSPS) is 10.2. The number of halogens is 1. The molecule has 0 saturated heterocycles. The van der Waals surface area contributed by atoms with E-state index < -0.39 is 29.7 Å². The number of ether oxygens (including phenoxy) is 5. The molecule has 0 heterocycles. The third kappa shape index (κ3) is 11.3. The first-order chi connectivity index (χ1) is 27.4. The molecular formula is C47H35FO9. The molecule has 284 valence electrons. The summed E-state index contributed by atoms with van der Waals surface area (Å²) in [6.45, 7) is 17.0. The lowest BCUT2D eigenvalue weighted by Crippen LogP contribution is -2.10. The Morgan fingerprint density at radius 3 is 1.61 bits per heavy atom. The Hall–Kier alpha value is -7.95. The van der Waals surface area contributed by atoms with E-state index in [1.807, 2.05) is 24.3 Å². The van der Waals surface area contributed by atoms with Crippen molar-refractivity contribution < 1.29 is 47.3 Å². The van der Waals surface area contributed by atoms with Crippen molar-refractivity contribution in [1.82, 2.24) is 0 Å². The Bertz CT molecular complexity index is 2450. The molecule has 0 radical (unpaired) electrons. The zero-order chi connectivity index (χ0) is 41.5. The largest absolute Gasteiger partial charge is 0.492 e. The Kier molecular flexibility index (Phi) is 14.6. The third-order valence-electron chi connectivity index (χ3n) is 7.65. The van der Waals surface area contributed by atoms with Gasteiger partial charge < -0.3 is 23.7 Å². The quantitative estimate of drug-likeness (QED) is 0.0349. The van der Waals surface area contributed by atoms with E-state index in [1.165, 1.54) is 26.6 Å². The summed E-state index contributed by atoms with van der Waals surface area (Å²) in [4.78, 5) is 47.9. The van der Waals surface area contributed by atoms with Crippen molar-refractivity contribution in [3.8, 4) is 57.6 Å². The first-order valence-corrected chi connectivity index (χ1v) is 16.9. The van der Waals surface area contributed by atoms with Gasteiger partial charge in [-0.2, -0.15) is 0 Å². The molecule has 0 fully saturated rings. The van der Waals surface area contributed by atoms with Gasteiger partial charge in [-0.3, -0.25) is 0 Å². The first-order valence-electron chi connectivity index (χ1n) is 16.9. The van der Waals surface area contributed by atoms with Gasteiger partial charge in [0.1, 0.15) is 11.7 Å². The lowest BCUT2D eigenvalue weighted by molar-refractivity contribution is -0.134. The Morgan fingerprint density at radius 1 is 0.632 bits per heavy atom. The minimum Gasteiger partial charge on any atom is -0.492 e. The Morgan fingerprint density at radius 2 is 1.12 bits per heavy atom. The monoisotopic (exact) mass is 762 g/mol. The van der Waals surface area contributed by atoms with E-state index in [9.17, 15) is 19.2 Å². The molecule has 0 aliphatic rings. The molecular weight excluding hydrogens is 728 g/mol. The van der Waals surface area contributed by atoms with Crippen LogP contribution in [0, 0.1) is 29.7 Å². The van der Waals surface area contributed by atoms with E-state index in [1.54, 1.807) is 67.6 Å². The Labute approximate surface area is 329 Å². The van der Waals surface area contributed by atoms with Gasteiger partial charge in [0.25, 0.3) is 0 Å². The smallest absolute Gasteiger partial charge is 0.344 e. The topological polar surface area (TPSA) is 114 Å². The van der Waals surface area contributed by atoms with Gasteiger partial charge in [-0.05, 0) is 71.9 Å². The summed E-state index contributed by atoms with van der Waals surface area (Å²) >= 11 is 0. The molecule has 4 rings (SSSR count). The predicted molar refractivity (Wildman–Crippen MR) is 215 cm³/mol. The van der Waals surface area contributed by atoms with Crippen LogP contribution in [0.15, 0.2) is 135 Å². The summed E-state index contributed by atoms with van der Waals surface area (Å²) in [5.41, 5.74) is 3.92. The van der Waals surface area contributed by atoms with Crippen LogP contribution in [0.25, 0.3) is 34.4 Å². The zero-order valence-corrected chi connectivity index (χ0v) is 31.3. The van der Waals surface area contributed by atoms with Gasteiger partial charge in [0.05, 0.1) is 25.2 Å². The molecule has 9 nitrogen and oxygen atoms in total. The summed E-state index contributed by atoms with van der Waals surface area (Å²) in [5.74, 6) is 4.01. The fraction of sp³-hybridized carbons (Fsp3) is 0.0638. The van der Waals surface area contributed by atoms with E-state index in [0.29, 0.717) is 16.7 Å². The number of carbonyl (C=O) groups excluding carboxylic acids is 4. The number of rotatable bonds is 12. The zero-order valence-electron chi connectivity index (χ0n) is 31.3. The third-order valence-corrected chi connectivity index (χ3v) is 7.65. The molecule has 0 amide bonds. The maximum absolute atomic E-state index is 16.8. The van der Waals surface area contributed by atoms with Gasteiger partial charge >= 0.3 is 23.9 Å². The molecule has 0 bridgehead atoms. The van der Waals surface area contributed by atoms with Crippen molar-refractivity contribution in [1.29, 1.82) is 0 Å². The fourth-order valence-electron chi connectivity index (χ4n) is 4.76. The number of methoxy groups -OCH3 is 1. The molecule has 57 heavy (non-hydrogen) atoms. The maximum Gasteiger partial charge on any atom is 0.344 e. The summed E-state index contributed by atoms with van der Waals surface area (Å²) in [5, 5.41) is 0. The van der Waals surface area contributed by atoms with Crippen molar-refractivity contribution >= 4 is 36.0 Å². The minimum absolute atomic E-state index is 0.133. The van der Waals surface area contributed by atoms with Gasteiger partial charge in [0.2, 0.25) is 0 Å². The van der Waals surface area contributed by atoms with Gasteiger partial charge in [-0.25, -0.2) is 23.6 Å². The van der Waals surface area contributed by atoms with Crippen LogP contribution in [0.2, 0.25) is 0 Å². The van der Waals surface area contributed by atoms with Crippen LogP contribution < -0.4 is 9.47 Å². The van der Waals surface area contributed by atoms with E-state index >= 15 is 4.39 Å². The van der Waals surface area contributed by atoms with Gasteiger partial charge in [0, 0.05) is 34.4 Å². The highest BCUT2D eigenvalue weighted by Gasteiger charge is 2.27. The van der Waals surface area contributed by atoms with Crippen LogP contribution >= 0.6 is 0 Å². The summed E-state index contributed by atoms with van der Waals surface area (Å²) in [6.07, 6.45) is 9.77. The van der Waals surface area contributed by atoms with Crippen LogP contribution in [-0.4, -0.2) is 31.0 Å². The van der Waals surface area contributed by atoms with E-state index in [4.69, 9.17) is 23.7 Å². The van der Waals surface area contributed by atoms with Crippen molar-refractivity contribution in [2.75, 3.05) is 7.11 Å². The molecule has 0 aromatic heterocycles. The standard InChI is InChI=1S/C47H35FO9/c1-8-40(49)54-29-26-38-42(37-21-19-36(20-22-37)35-17-14-34(15-18-35)25-28-56-47(52)31(5)6)43(48)45(53-7)39(44(38)57-41(50)9-2)23-16-32-10-12-33(13-11-32)24-27-55-46(51)30(3)4/h8-15,17-22,24-25,27-28H,1-3,5H2,4,6-7H3/b27-24+,28-25+. The van der Waals surface area contributed by atoms with E-state index in [2.05, 4.69) is 50.2 Å². The van der Waals surface area contributed by atoms with Crippen LogP contribution in [-0.2, 0) is 33.4 Å². The molecule has 0 unspecified atom stereocenters. The second-order valence-corrected chi connectivity index (χ2v) is 11.8.